The van der Waals surface area contributed by atoms with Crippen LogP contribution in [0, 0.1) is 5.92 Å². The van der Waals surface area contributed by atoms with Crippen molar-refractivity contribution in [3.05, 3.63) is 54.1 Å². The van der Waals surface area contributed by atoms with Crippen molar-refractivity contribution >= 4 is 29.2 Å². The smallest absolute Gasteiger partial charge is 0.311 e. The SMILES string of the molecule is CC(=O)Nc1ccc(OC(=O)CCC2Cc3ccccc3NC2=O)cc1. The molecule has 6 heteroatoms. The van der Waals surface area contributed by atoms with E-state index in [1.165, 1.54) is 6.92 Å². The molecule has 1 atom stereocenters. The Morgan fingerprint density at radius 3 is 2.62 bits per heavy atom. The van der Waals surface area contributed by atoms with E-state index in [0.717, 1.165) is 11.3 Å². The number of carbonyl (C=O) groups is 3. The molecule has 1 aliphatic heterocycles. The van der Waals surface area contributed by atoms with E-state index in [1.807, 2.05) is 24.3 Å². The molecule has 2 amide bonds. The highest BCUT2D eigenvalue weighted by molar-refractivity contribution is 5.96. The number of hydrogen-bond acceptors (Lipinski definition) is 4. The molecular formula is C20H20N2O4. The number of ether oxygens (including phenoxy) is 1. The fraction of sp³-hybridized carbons (Fsp3) is 0.250. The molecule has 134 valence electrons. The third-order valence-electron chi connectivity index (χ3n) is 4.22. The first-order valence-electron chi connectivity index (χ1n) is 8.48. The van der Waals surface area contributed by atoms with E-state index in [2.05, 4.69) is 10.6 Å². The average molecular weight is 352 g/mol. The third kappa shape index (κ3) is 4.47. The lowest BCUT2D eigenvalue weighted by Crippen LogP contribution is -2.30. The molecule has 1 aliphatic rings. The Hall–Kier alpha value is -3.15. The van der Waals surface area contributed by atoms with Crippen LogP contribution >= 0.6 is 0 Å². The van der Waals surface area contributed by atoms with Crippen LogP contribution in [0.1, 0.15) is 25.3 Å². The quantitative estimate of drug-likeness (QED) is 0.639. The lowest BCUT2D eigenvalue weighted by Gasteiger charge is -2.24. The molecule has 2 N–H and O–H groups in total. The molecule has 3 rings (SSSR count). The number of esters is 1. The van der Waals surface area contributed by atoms with Gasteiger partial charge in [0.1, 0.15) is 5.75 Å². The van der Waals surface area contributed by atoms with Gasteiger partial charge in [-0.25, -0.2) is 0 Å². The van der Waals surface area contributed by atoms with Gasteiger partial charge in [-0.15, -0.1) is 0 Å². The second-order valence-electron chi connectivity index (χ2n) is 6.27. The average Bonchev–Trinajstić information content (AvgIpc) is 2.61. The topological polar surface area (TPSA) is 84.5 Å². The van der Waals surface area contributed by atoms with Gasteiger partial charge in [0.15, 0.2) is 0 Å². The summed E-state index contributed by atoms with van der Waals surface area (Å²) >= 11 is 0. The molecule has 6 nitrogen and oxygen atoms in total. The van der Waals surface area contributed by atoms with Crippen molar-refractivity contribution in [2.45, 2.75) is 26.2 Å². The van der Waals surface area contributed by atoms with Crippen LogP contribution in [0.25, 0.3) is 0 Å². The summed E-state index contributed by atoms with van der Waals surface area (Å²) in [6.45, 7) is 1.42. The zero-order valence-corrected chi connectivity index (χ0v) is 14.5. The summed E-state index contributed by atoms with van der Waals surface area (Å²) in [5.41, 5.74) is 2.56. The standard InChI is InChI=1S/C20H20N2O4/c1-13(23)21-16-7-9-17(10-8-16)26-19(24)11-6-15-12-14-4-2-3-5-18(14)22-20(15)25/h2-5,7-10,15H,6,11-12H2,1H3,(H,21,23)(H,22,25). The molecule has 0 bridgehead atoms. The van der Waals surface area contributed by atoms with Gasteiger partial charge in [-0.05, 0) is 48.7 Å². The molecule has 0 fully saturated rings. The Morgan fingerprint density at radius 1 is 1.15 bits per heavy atom. The van der Waals surface area contributed by atoms with Crippen molar-refractivity contribution in [3.63, 3.8) is 0 Å². The summed E-state index contributed by atoms with van der Waals surface area (Å²) in [7, 11) is 0. The van der Waals surface area contributed by atoms with Crippen LogP contribution in [0.4, 0.5) is 11.4 Å². The largest absolute Gasteiger partial charge is 0.427 e. The number of benzene rings is 2. The zero-order chi connectivity index (χ0) is 18.5. The highest BCUT2D eigenvalue weighted by Crippen LogP contribution is 2.27. The Kier molecular flexibility index (Phi) is 5.31. The number of nitrogens with one attached hydrogen (secondary N) is 2. The van der Waals surface area contributed by atoms with Crippen LogP contribution in [0.5, 0.6) is 5.75 Å². The molecule has 0 spiro atoms. The molecule has 2 aromatic rings. The van der Waals surface area contributed by atoms with Crippen molar-refractivity contribution in [3.8, 4) is 5.75 Å². The van der Waals surface area contributed by atoms with Gasteiger partial charge in [-0.2, -0.15) is 0 Å². The molecule has 0 saturated heterocycles. The van der Waals surface area contributed by atoms with Gasteiger partial charge in [-0.1, -0.05) is 18.2 Å². The van der Waals surface area contributed by atoms with Crippen LogP contribution in [0.15, 0.2) is 48.5 Å². The van der Waals surface area contributed by atoms with Crippen LogP contribution < -0.4 is 15.4 Å². The fourth-order valence-corrected chi connectivity index (χ4v) is 2.93. The summed E-state index contributed by atoms with van der Waals surface area (Å²) in [4.78, 5) is 35.2. The minimum Gasteiger partial charge on any atom is -0.427 e. The van der Waals surface area contributed by atoms with Gasteiger partial charge in [0.2, 0.25) is 11.8 Å². The van der Waals surface area contributed by atoms with Gasteiger partial charge < -0.3 is 15.4 Å². The maximum absolute atomic E-state index is 12.2. The number of fused-ring (bicyclic) bond motifs is 1. The number of hydrogen-bond donors (Lipinski definition) is 2. The molecule has 2 aromatic carbocycles. The second kappa shape index (κ2) is 7.82. The van der Waals surface area contributed by atoms with E-state index in [4.69, 9.17) is 4.74 Å². The minimum atomic E-state index is -0.385. The van der Waals surface area contributed by atoms with Gasteiger partial charge in [0.25, 0.3) is 0 Å². The highest BCUT2D eigenvalue weighted by Gasteiger charge is 2.26. The first-order valence-corrected chi connectivity index (χ1v) is 8.48. The maximum atomic E-state index is 12.2. The summed E-state index contributed by atoms with van der Waals surface area (Å²) in [5, 5.41) is 5.52. The van der Waals surface area contributed by atoms with E-state index in [9.17, 15) is 14.4 Å². The zero-order valence-electron chi connectivity index (χ0n) is 14.5. The highest BCUT2D eigenvalue weighted by atomic mass is 16.5. The number of anilines is 2. The molecular weight excluding hydrogens is 332 g/mol. The van der Waals surface area contributed by atoms with Crippen molar-refractivity contribution in [2.24, 2.45) is 5.92 Å². The predicted octanol–water partition coefficient (Wildman–Crippen LogP) is 3.14. The summed E-state index contributed by atoms with van der Waals surface area (Å²) in [5.74, 6) is -0.440. The van der Waals surface area contributed by atoms with Gasteiger partial charge in [0.05, 0.1) is 0 Å². The fourth-order valence-electron chi connectivity index (χ4n) is 2.93. The number of rotatable bonds is 5. The van der Waals surface area contributed by atoms with Gasteiger partial charge >= 0.3 is 5.97 Å². The first-order chi connectivity index (χ1) is 12.5. The van der Waals surface area contributed by atoms with Crippen molar-refractivity contribution in [1.82, 2.24) is 0 Å². The molecule has 0 aromatic heterocycles. The Bertz CT molecular complexity index is 830. The number of carbonyl (C=O) groups excluding carboxylic acids is 3. The van der Waals surface area contributed by atoms with Crippen LogP contribution in [0.3, 0.4) is 0 Å². The lowest BCUT2D eigenvalue weighted by molar-refractivity contribution is -0.135. The molecule has 0 radical (unpaired) electrons. The Labute approximate surface area is 151 Å². The minimum absolute atomic E-state index is 0.0591. The van der Waals surface area contributed by atoms with E-state index < -0.39 is 0 Å². The molecule has 0 saturated carbocycles. The van der Waals surface area contributed by atoms with Crippen molar-refractivity contribution in [1.29, 1.82) is 0 Å². The summed E-state index contributed by atoms with van der Waals surface area (Å²) in [6, 6.07) is 14.2. The van der Waals surface area contributed by atoms with Crippen molar-refractivity contribution in [2.75, 3.05) is 10.6 Å². The summed E-state index contributed by atoms with van der Waals surface area (Å²) in [6.07, 6.45) is 1.22. The van der Waals surface area contributed by atoms with Crippen LogP contribution in [0.2, 0.25) is 0 Å². The molecule has 1 heterocycles. The molecule has 0 aliphatic carbocycles. The lowest BCUT2D eigenvalue weighted by atomic mass is 9.90. The van der Waals surface area contributed by atoms with Crippen LogP contribution in [-0.2, 0) is 20.8 Å². The number of amides is 2. The van der Waals surface area contributed by atoms with Gasteiger partial charge in [0, 0.05) is 30.6 Å². The molecule has 26 heavy (non-hydrogen) atoms. The predicted molar refractivity (Wildman–Crippen MR) is 97.9 cm³/mol. The first kappa shape index (κ1) is 17.7. The third-order valence-corrected chi connectivity index (χ3v) is 4.22. The van der Waals surface area contributed by atoms with Gasteiger partial charge in [-0.3, -0.25) is 14.4 Å². The van der Waals surface area contributed by atoms with E-state index >= 15 is 0 Å². The van der Waals surface area contributed by atoms with E-state index in [-0.39, 0.29) is 30.1 Å². The van der Waals surface area contributed by atoms with E-state index in [0.29, 0.717) is 24.3 Å². The van der Waals surface area contributed by atoms with E-state index in [1.54, 1.807) is 24.3 Å². The Balaban J connectivity index is 1.51. The van der Waals surface area contributed by atoms with Crippen molar-refractivity contribution < 1.29 is 19.1 Å². The maximum Gasteiger partial charge on any atom is 0.311 e. The number of para-hydroxylation sites is 1. The normalized spacial score (nSPS) is 15.6. The molecule has 1 unspecified atom stereocenters. The van der Waals surface area contributed by atoms with Crippen LogP contribution in [-0.4, -0.2) is 17.8 Å². The summed E-state index contributed by atoms with van der Waals surface area (Å²) < 4.78 is 5.29. The monoisotopic (exact) mass is 352 g/mol. The second-order valence-corrected chi connectivity index (χ2v) is 6.27. The Morgan fingerprint density at radius 2 is 1.88 bits per heavy atom.